The summed E-state index contributed by atoms with van der Waals surface area (Å²) in [7, 11) is 0. The Hall–Kier alpha value is -0.270. The smallest absolute Gasteiger partial charge is 0.0622 e. The number of hydrogen-bond donors (Lipinski definition) is 0. The van der Waals surface area contributed by atoms with E-state index in [2.05, 4.69) is 4.98 Å². The predicted molar refractivity (Wildman–Crippen MR) is 48.3 cm³/mol. The van der Waals surface area contributed by atoms with Crippen molar-refractivity contribution in [3.63, 3.8) is 0 Å². The van der Waals surface area contributed by atoms with E-state index in [1.54, 1.807) is 6.20 Å². The third-order valence-corrected chi connectivity index (χ3v) is 1.81. The molecule has 0 bridgehead atoms. The lowest BCUT2D eigenvalue weighted by atomic mass is 10.2. The van der Waals surface area contributed by atoms with Crippen molar-refractivity contribution in [2.75, 3.05) is 0 Å². The monoisotopic (exact) mass is 189 g/mol. The minimum Gasteiger partial charge on any atom is -0.260 e. The molecule has 1 nitrogen and oxygen atoms in total. The van der Waals surface area contributed by atoms with E-state index < -0.39 is 0 Å². The van der Waals surface area contributed by atoms with Gasteiger partial charge in [0.15, 0.2) is 0 Å². The number of aromatic nitrogens is 1. The molecule has 0 saturated carbocycles. The van der Waals surface area contributed by atoms with Gasteiger partial charge in [-0.15, -0.1) is 11.6 Å². The van der Waals surface area contributed by atoms with Gasteiger partial charge in [-0.1, -0.05) is 11.6 Å². The van der Waals surface area contributed by atoms with Crippen molar-refractivity contribution >= 4 is 23.2 Å². The lowest BCUT2D eigenvalue weighted by molar-refractivity contribution is 0.891. The molecule has 1 atom stereocenters. The highest BCUT2D eigenvalue weighted by molar-refractivity contribution is 6.31. The van der Waals surface area contributed by atoms with Crippen molar-refractivity contribution in [3.8, 4) is 0 Å². The van der Waals surface area contributed by atoms with Gasteiger partial charge in [0.05, 0.1) is 10.7 Å². The summed E-state index contributed by atoms with van der Waals surface area (Å²) in [6, 6.07) is 3.63. The van der Waals surface area contributed by atoms with Crippen molar-refractivity contribution in [1.82, 2.24) is 4.98 Å². The van der Waals surface area contributed by atoms with Gasteiger partial charge in [0.1, 0.15) is 0 Å². The first-order valence-electron chi connectivity index (χ1n) is 3.43. The summed E-state index contributed by atoms with van der Waals surface area (Å²) in [6.45, 7) is 1.92. The highest BCUT2D eigenvalue weighted by Gasteiger charge is 2.03. The Morgan fingerprint density at radius 1 is 1.64 bits per heavy atom. The van der Waals surface area contributed by atoms with Gasteiger partial charge >= 0.3 is 0 Å². The Morgan fingerprint density at radius 3 is 2.91 bits per heavy atom. The van der Waals surface area contributed by atoms with Gasteiger partial charge in [0, 0.05) is 18.0 Å². The van der Waals surface area contributed by atoms with Gasteiger partial charge in [-0.3, -0.25) is 4.98 Å². The minimum atomic E-state index is 0.0856. The zero-order valence-corrected chi connectivity index (χ0v) is 7.73. The Bertz CT molecular complexity index is 235. The normalized spacial score (nSPS) is 13.0. The molecule has 1 rings (SSSR count). The van der Waals surface area contributed by atoms with Crippen LogP contribution in [0.3, 0.4) is 0 Å². The van der Waals surface area contributed by atoms with Crippen LogP contribution in [-0.2, 0) is 6.42 Å². The Morgan fingerprint density at radius 2 is 2.36 bits per heavy atom. The lowest BCUT2D eigenvalue weighted by Gasteiger charge is -2.02. The second-order valence-corrected chi connectivity index (χ2v) is 3.57. The van der Waals surface area contributed by atoms with E-state index in [1.807, 2.05) is 19.1 Å². The van der Waals surface area contributed by atoms with E-state index in [9.17, 15) is 0 Å². The quantitative estimate of drug-likeness (QED) is 0.653. The van der Waals surface area contributed by atoms with Crippen LogP contribution in [0.1, 0.15) is 12.6 Å². The molecule has 0 aliphatic carbocycles. The van der Waals surface area contributed by atoms with E-state index >= 15 is 0 Å². The molecule has 1 heterocycles. The molecule has 11 heavy (non-hydrogen) atoms. The SMILES string of the molecule is CC(Cl)Cc1ncccc1Cl. The van der Waals surface area contributed by atoms with Crippen LogP contribution in [0.2, 0.25) is 5.02 Å². The number of pyridine rings is 1. The average molecular weight is 190 g/mol. The zero-order chi connectivity index (χ0) is 8.27. The Labute approximate surface area is 76.4 Å². The van der Waals surface area contributed by atoms with Crippen molar-refractivity contribution < 1.29 is 0 Å². The maximum atomic E-state index is 5.85. The molecule has 60 valence electrons. The molecule has 0 fully saturated rings. The van der Waals surface area contributed by atoms with Crippen molar-refractivity contribution in [1.29, 1.82) is 0 Å². The summed E-state index contributed by atoms with van der Waals surface area (Å²) < 4.78 is 0. The molecule has 0 spiro atoms. The number of nitrogens with zero attached hydrogens (tertiary/aromatic N) is 1. The van der Waals surface area contributed by atoms with Crippen molar-refractivity contribution in [2.24, 2.45) is 0 Å². The number of hydrogen-bond acceptors (Lipinski definition) is 1. The summed E-state index contributed by atoms with van der Waals surface area (Å²) in [6.07, 6.45) is 2.45. The van der Waals surface area contributed by atoms with Gasteiger partial charge < -0.3 is 0 Å². The van der Waals surface area contributed by atoms with Crippen molar-refractivity contribution in [3.05, 3.63) is 29.0 Å². The molecule has 0 aromatic carbocycles. The molecule has 0 aliphatic heterocycles. The first-order valence-corrected chi connectivity index (χ1v) is 4.25. The highest BCUT2D eigenvalue weighted by atomic mass is 35.5. The molecule has 3 heteroatoms. The van der Waals surface area contributed by atoms with Gasteiger partial charge in [0.2, 0.25) is 0 Å². The molecule has 0 saturated heterocycles. The Kier molecular flexibility index (Phi) is 3.16. The van der Waals surface area contributed by atoms with E-state index in [1.165, 1.54) is 0 Å². The van der Waals surface area contributed by atoms with E-state index in [-0.39, 0.29) is 5.38 Å². The van der Waals surface area contributed by atoms with Crippen LogP contribution in [0.15, 0.2) is 18.3 Å². The first-order chi connectivity index (χ1) is 5.20. The number of rotatable bonds is 2. The van der Waals surface area contributed by atoms with E-state index in [0.29, 0.717) is 5.02 Å². The summed E-state index contributed by atoms with van der Waals surface area (Å²) in [4.78, 5) is 4.10. The first kappa shape index (κ1) is 8.82. The average Bonchev–Trinajstić information content (AvgIpc) is 1.93. The standard InChI is InChI=1S/C8H9Cl2N/c1-6(9)5-8-7(10)3-2-4-11-8/h2-4,6H,5H2,1H3. The molecule has 1 unspecified atom stereocenters. The van der Waals surface area contributed by atoms with E-state index in [0.717, 1.165) is 12.1 Å². The van der Waals surface area contributed by atoms with Crippen LogP contribution in [0.25, 0.3) is 0 Å². The largest absolute Gasteiger partial charge is 0.260 e. The summed E-state index contributed by atoms with van der Waals surface area (Å²) in [5, 5.41) is 0.780. The number of alkyl halides is 1. The molecule has 0 amide bonds. The van der Waals surface area contributed by atoms with Crippen molar-refractivity contribution in [2.45, 2.75) is 18.7 Å². The molecule has 0 radical (unpaired) electrons. The van der Waals surface area contributed by atoms with Crippen LogP contribution < -0.4 is 0 Å². The fourth-order valence-corrected chi connectivity index (χ4v) is 1.18. The molecule has 0 aliphatic rings. The lowest BCUT2D eigenvalue weighted by Crippen LogP contribution is -1.99. The highest BCUT2D eigenvalue weighted by Crippen LogP contribution is 2.15. The van der Waals surface area contributed by atoms with Crippen LogP contribution in [0.5, 0.6) is 0 Å². The fourth-order valence-electron chi connectivity index (χ4n) is 0.835. The summed E-state index contributed by atoms with van der Waals surface area (Å²) in [5.41, 5.74) is 0.872. The Balaban J connectivity index is 2.78. The van der Waals surface area contributed by atoms with Crippen LogP contribution >= 0.6 is 23.2 Å². The zero-order valence-electron chi connectivity index (χ0n) is 6.22. The fraction of sp³-hybridized carbons (Fsp3) is 0.375. The third-order valence-electron chi connectivity index (χ3n) is 1.31. The molecule has 1 aromatic heterocycles. The summed E-state index contributed by atoms with van der Waals surface area (Å²) >= 11 is 11.6. The third kappa shape index (κ3) is 2.68. The second kappa shape index (κ2) is 3.93. The van der Waals surface area contributed by atoms with Gasteiger partial charge in [-0.2, -0.15) is 0 Å². The molecule has 1 aromatic rings. The molecular weight excluding hydrogens is 181 g/mol. The maximum Gasteiger partial charge on any atom is 0.0622 e. The molecular formula is C8H9Cl2N. The van der Waals surface area contributed by atoms with Crippen LogP contribution in [-0.4, -0.2) is 10.4 Å². The summed E-state index contributed by atoms with van der Waals surface area (Å²) in [5.74, 6) is 0. The van der Waals surface area contributed by atoms with Crippen LogP contribution in [0.4, 0.5) is 0 Å². The minimum absolute atomic E-state index is 0.0856. The number of halogens is 2. The van der Waals surface area contributed by atoms with Crippen LogP contribution in [0, 0.1) is 0 Å². The topological polar surface area (TPSA) is 12.9 Å². The van der Waals surface area contributed by atoms with Gasteiger partial charge in [0.25, 0.3) is 0 Å². The second-order valence-electron chi connectivity index (χ2n) is 2.42. The van der Waals surface area contributed by atoms with E-state index in [4.69, 9.17) is 23.2 Å². The molecule has 0 N–H and O–H groups in total. The predicted octanol–water partition coefficient (Wildman–Crippen LogP) is 2.90. The van der Waals surface area contributed by atoms with Gasteiger partial charge in [-0.25, -0.2) is 0 Å². The maximum absolute atomic E-state index is 5.85. The van der Waals surface area contributed by atoms with Gasteiger partial charge in [-0.05, 0) is 19.1 Å².